The van der Waals surface area contributed by atoms with Crippen molar-refractivity contribution in [3.8, 4) is 11.4 Å². The number of amides is 1. The van der Waals surface area contributed by atoms with Crippen molar-refractivity contribution in [1.29, 1.82) is 0 Å². The van der Waals surface area contributed by atoms with Crippen molar-refractivity contribution < 1.29 is 40.4 Å². The van der Waals surface area contributed by atoms with Gasteiger partial charge in [0.15, 0.2) is 6.23 Å². The maximum absolute atomic E-state index is 13.4. The summed E-state index contributed by atoms with van der Waals surface area (Å²) in [7, 11) is 1.10. The lowest BCUT2D eigenvalue weighted by Crippen LogP contribution is -2.30. The van der Waals surface area contributed by atoms with E-state index in [-0.39, 0.29) is 12.0 Å². The number of hydrogen-bond donors (Lipinski definition) is 1. The van der Waals surface area contributed by atoms with Crippen LogP contribution >= 0.6 is 0 Å². The summed E-state index contributed by atoms with van der Waals surface area (Å²) in [6.07, 6.45) is -11.2. The molecular weight excluding hydrogens is 384 g/mol. The van der Waals surface area contributed by atoms with E-state index < -0.39 is 47.3 Å². The number of benzene rings is 1. The van der Waals surface area contributed by atoms with Gasteiger partial charge >= 0.3 is 18.2 Å². The van der Waals surface area contributed by atoms with E-state index in [1.54, 1.807) is 0 Å². The number of methoxy groups -OCH3 is 1. The summed E-state index contributed by atoms with van der Waals surface area (Å²) in [6, 6.07) is 2.59. The molecule has 0 aliphatic carbocycles. The van der Waals surface area contributed by atoms with Gasteiger partial charge in [0.2, 0.25) is 11.7 Å². The molecule has 1 heterocycles. The molecule has 1 N–H and O–H groups in total. The first-order chi connectivity index (χ1) is 12.5. The molecule has 0 spiro atoms. The summed E-state index contributed by atoms with van der Waals surface area (Å²) < 4.78 is 86.8. The number of hydrogen-bond acceptors (Lipinski definition) is 5. The van der Waals surface area contributed by atoms with Gasteiger partial charge in [-0.15, -0.1) is 0 Å². The number of ether oxygens (including phenoxy) is 1. The van der Waals surface area contributed by atoms with Crippen LogP contribution in [-0.4, -0.2) is 23.2 Å². The minimum Gasteiger partial charge on any atom is -0.357 e. The molecule has 1 aromatic heterocycles. The van der Waals surface area contributed by atoms with Crippen LogP contribution in [0.25, 0.3) is 11.4 Å². The fourth-order valence-electron chi connectivity index (χ4n) is 2.14. The summed E-state index contributed by atoms with van der Waals surface area (Å²) in [5.74, 6) is -2.89. The van der Waals surface area contributed by atoms with E-state index in [9.17, 15) is 31.1 Å². The number of halogens is 6. The molecule has 0 aliphatic rings. The molecule has 0 aliphatic heterocycles. The highest BCUT2D eigenvalue weighted by molar-refractivity contribution is 5.76. The quantitative estimate of drug-likeness (QED) is 0.611. The number of nitrogens with zero attached hydrogens (tertiary/aromatic N) is 2. The molecule has 27 heavy (non-hydrogen) atoms. The van der Waals surface area contributed by atoms with E-state index >= 15 is 0 Å². The SMILES string of the molecule is CCC(=O)NC(OC)c1ccc(-c2noc(C(F)(F)F)n2)cc1C(F)(F)F. The normalized spacial score (nSPS) is 13.5. The van der Waals surface area contributed by atoms with Crippen molar-refractivity contribution in [2.45, 2.75) is 31.9 Å². The number of rotatable bonds is 5. The maximum Gasteiger partial charge on any atom is 0.471 e. The van der Waals surface area contributed by atoms with Gasteiger partial charge in [-0.2, -0.15) is 31.3 Å². The summed E-state index contributed by atoms with van der Waals surface area (Å²) in [5, 5.41) is 5.33. The molecule has 6 nitrogen and oxygen atoms in total. The predicted molar refractivity (Wildman–Crippen MR) is 77.9 cm³/mol. The van der Waals surface area contributed by atoms with Crippen LogP contribution in [0.4, 0.5) is 26.3 Å². The van der Waals surface area contributed by atoms with Gasteiger partial charge in [-0.05, 0) is 6.07 Å². The van der Waals surface area contributed by atoms with Gasteiger partial charge in [0.25, 0.3) is 0 Å². The third-order valence-corrected chi connectivity index (χ3v) is 3.42. The first kappa shape index (κ1) is 20.7. The molecule has 2 aromatic rings. The number of alkyl halides is 6. The van der Waals surface area contributed by atoms with Crippen molar-refractivity contribution in [3.63, 3.8) is 0 Å². The Hall–Kier alpha value is -2.63. The molecule has 0 saturated carbocycles. The fourth-order valence-corrected chi connectivity index (χ4v) is 2.14. The predicted octanol–water partition coefficient (Wildman–Crippen LogP) is 3.95. The van der Waals surface area contributed by atoms with Crippen LogP contribution in [0.15, 0.2) is 22.7 Å². The molecule has 1 unspecified atom stereocenters. The number of aromatic nitrogens is 2. The van der Waals surface area contributed by atoms with Gasteiger partial charge in [-0.1, -0.05) is 24.2 Å². The Morgan fingerprint density at radius 3 is 2.37 bits per heavy atom. The Kier molecular flexibility index (Phi) is 5.78. The molecule has 0 saturated heterocycles. The lowest BCUT2D eigenvalue weighted by molar-refractivity contribution is -0.159. The standard InChI is InChI=1S/C15H13F6N3O3/c1-3-10(25)22-12(26-2)8-5-4-7(6-9(8)14(16,17)18)11-23-13(27-24-11)15(19,20)21/h4-6,12H,3H2,1-2H3,(H,22,25). The highest BCUT2D eigenvalue weighted by Gasteiger charge is 2.39. The van der Waals surface area contributed by atoms with Crippen LogP contribution in [0.2, 0.25) is 0 Å². The third kappa shape index (κ3) is 4.76. The number of carbonyl (C=O) groups excluding carboxylic acids is 1. The van der Waals surface area contributed by atoms with Crippen LogP contribution in [-0.2, 0) is 21.9 Å². The van der Waals surface area contributed by atoms with Gasteiger partial charge in [0, 0.05) is 24.7 Å². The zero-order valence-corrected chi connectivity index (χ0v) is 13.9. The molecule has 0 radical (unpaired) electrons. The zero-order valence-electron chi connectivity index (χ0n) is 13.9. The molecule has 148 valence electrons. The highest BCUT2D eigenvalue weighted by Crippen LogP contribution is 2.37. The Morgan fingerprint density at radius 1 is 1.22 bits per heavy atom. The van der Waals surface area contributed by atoms with E-state index in [4.69, 9.17) is 4.74 Å². The van der Waals surface area contributed by atoms with Crippen LogP contribution in [0.3, 0.4) is 0 Å². The molecule has 2 rings (SSSR count). The largest absolute Gasteiger partial charge is 0.471 e. The number of nitrogens with one attached hydrogen (secondary N) is 1. The van der Waals surface area contributed by atoms with Crippen LogP contribution in [0.5, 0.6) is 0 Å². The van der Waals surface area contributed by atoms with Crippen LogP contribution in [0, 0.1) is 0 Å². The van der Waals surface area contributed by atoms with Crippen LogP contribution in [0.1, 0.15) is 36.6 Å². The van der Waals surface area contributed by atoms with E-state index in [1.165, 1.54) is 6.92 Å². The molecular formula is C15H13F6N3O3. The van der Waals surface area contributed by atoms with Crippen molar-refractivity contribution in [2.24, 2.45) is 0 Å². The smallest absolute Gasteiger partial charge is 0.357 e. The van der Waals surface area contributed by atoms with E-state index in [0.717, 1.165) is 19.2 Å². The molecule has 12 heteroatoms. The van der Waals surface area contributed by atoms with Crippen molar-refractivity contribution in [2.75, 3.05) is 7.11 Å². The lowest BCUT2D eigenvalue weighted by atomic mass is 10.0. The zero-order chi connectivity index (χ0) is 20.4. The van der Waals surface area contributed by atoms with Gasteiger partial charge in [-0.25, -0.2) is 0 Å². The Bertz CT molecular complexity index is 816. The topological polar surface area (TPSA) is 77.2 Å². The van der Waals surface area contributed by atoms with Gasteiger partial charge in [0.1, 0.15) is 0 Å². The van der Waals surface area contributed by atoms with Gasteiger partial charge in [0.05, 0.1) is 5.56 Å². The summed E-state index contributed by atoms with van der Waals surface area (Å²) in [4.78, 5) is 14.5. The summed E-state index contributed by atoms with van der Waals surface area (Å²) >= 11 is 0. The molecule has 1 atom stereocenters. The average Bonchev–Trinajstić information content (AvgIpc) is 3.08. The first-order valence-electron chi connectivity index (χ1n) is 7.42. The summed E-state index contributed by atoms with van der Waals surface area (Å²) in [5.41, 5.74) is -1.99. The Morgan fingerprint density at radius 2 is 1.89 bits per heavy atom. The second kappa shape index (κ2) is 7.55. The highest BCUT2D eigenvalue weighted by atomic mass is 19.4. The van der Waals surface area contributed by atoms with Crippen molar-refractivity contribution in [3.05, 3.63) is 35.2 Å². The minimum atomic E-state index is -4.93. The maximum atomic E-state index is 13.4. The third-order valence-electron chi connectivity index (χ3n) is 3.42. The monoisotopic (exact) mass is 397 g/mol. The molecule has 1 amide bonds. The Labute approximate surface area is 148 Å². The molecule has 1 aromatic carbocycles. The fraction of sp³-hybridized carbons (Fsp3) is 0.400. The van der Waals surface area contributed by atoms with Gasteiger partial charge in [-0.3, -0.25) is 4.79 Å². The summed E-state index contributed by atoms with van der Waals surface area (Å²) in [6.45, 7) is 1.50. The minimum absolute atomic E-state index is 0.0162. The lowest BCUT2D eigenvalue weighted by Gasteiger charge is -2.22. The van der Waals surface area contributed by atoms with E-state index in [0.29, 0.717) is 6.07 Å². The van der Waals surface area contributed by atoms with E-state index in [1.807, 2.05) is 0 Å². The molecule has 0 fully saturated rings. The van der Waals surface area contributed by atoms with Crippen molar-refractivity contribution in [1.82, 2.24) is 15.5 Å². The number of carbonyl (C=O) groups is 1. The second-order valence-corrected chi connectivity index (χ2v) is 5.26. The van der Waals surface area contributed by atoms with Gasteiger partial charge < -0.3 is 14.6 Å². The first-order valence-corrected chi connectivity index (χ1v) is 7.42. The second-order valence-electron chi connectivity index (χ2n) is 5.26. The van der Waals surface area contributed by atoms with Crippen molar-refractivity contribution >= 4 is 5.91 Å². The Balaban J connectivity index is 2.50. The average molecular weight is 397 g/mol. The van der Waals surface area contributed by atoms with Crippen LogP contribution < -0.4 is 5.32 Å². The molecule has 0 bridgehead atoms. The van der Waals surface area contributed by atoms with E-state index in [2.05, 4.69) is 20.0 Å².